The van der Waals surface area contributed by atoms with Gasteiger partial charge in [0.1, 0.15) is 5.75 Å². The van der Waals surface area contributed by atoms with Gasteiger partial charge >= 0.3 is 5.97 Å². The number of halogens is 1. The van der Waals surface area contributed by atoms with Crippen LogP contribution in [0.4, 0.5) is 0 Å². The van der Waals surface area contributed by atoms with E-state index in [1.54, 1.807) is 13.2 Å². The number of aryl methyl sites for hydroxylation is 1. The van der Waals surface area contributed by atoms with Gasteiger partial charge in [-0.3, -0.25) is 4.79 Å². The van der Waals surface area contributed by atoms with Crippen LogP contribution in [0, 0.1) is 6.92 Å². The molecule has 1 N–H and O–H groups in total. The molecule has 1 saturated carbocycles. The second kappa shape index (κ2) is 4.81. The molecule has 0 amide bonds. The summed E-state index contributed by atoms with van der Waals surface area (Å²) in [6.07, 6.45) is 3.09. The number of rotatable bonds is 3. The highest BCUT2D eigenvalue weighted by Gasteiger charge is 2.46. The summed E-state index contributed by atoms with van der Waals surface area (Å²) < 4.78 is 5.40. The highest BCUT2D eigenvalue weighted by molar-refractivity contribution is 6.32. The van der Waals surface area contributed by atoms with E-state index in [4.69, 9.17) is 16.3 Å². The Bertz CT molecular complexity index is 476. The van der Waals surface area contributed by atoms with E-state index in [2.05, 4.69) is 0 Å². The Labute approximate surface area is 112 Å². The van der Waals surface area contributed by atoms with Crippen molar-refractivity contribution in [2.45, 2.75) is 38.0 Å². The number of benzene rings is 1. The van der Waals surface area contributed by atoms with Crippen LogP contribution in [0.3, 0.4) is 0 Å². The molecule has 1 aliphatic rings. The lowest BCUT2D eigenvalue weighted by molar-refractivity contribution is -0.143. The minimum atomic E-state index is -0.881. The fraction of sp³-hybridized carbons (Fsp3) is 0.500. The van der Waals surface area contributed by atoms with E-state index in [1.165, 1.54) is 0 Å². The third-order valence-corrected chi connectivity index (χ3v) is 4.17. The maximum atomic E-state index is 11.7. The van der Waals surface area contributed by atoms with Gasteiger partial charge in [-0.2, -0.15) is 0 Å². The molecule has 1 aromatic carbocycles. The van der Waals surface area contributed by atoms with E-state index >= 15 is 0 Å². The Morgan fingerprint density at radius 2 is 2.00 bits per heavy atom. The van der Waals surface area contributed by atoms with E-state index in [-0.39, 0.29) is 0 Å². The molecule has 0 aromatic heterocycles. The van der Waals surface area contributed by atoms with E-state index in [1.807, 2.05) is 13.0 Å². The van der Waals surface area contributed by atoms with Crippen molar-refractivity contribution in [1.29, 1.82) is 0 Å². The Balaban J connectivity index is 2.68. The summed E-state index contributed by atoms with van der Waals surface area (Å²) in [6, 6.07) is 3.62. The molecule has 0 saturated heterocycles. The number of ether oxygens (including phenoxy) is 1. The van der Waals surface area contributed by atoms with Gasteiger partial charge in [0, 0.05) is 10.6 Å². The number of carboxylic acids is 1. The minimum Gasteiger partial charge on any atom is -0.496 e. The van der Waals surface area contributed by atoms with Crippen molar-refractivity contribution >= 4 is 17.6 Å². The summed E-state index contributed by atoms with van der Waals surface area (Å²) in [5.41, 5.74) is 0.690. The standard InChI is InChI=1S/C14H17ClO3/c1-9-5-6-10(15)11(12(9)18-2)14(13(16)17)7-3-4-8-14/h5-6H,3-4,7-8H2,1-2H3,(H,16,17). The molecule has 98 valence electrons. The van der Waals surface area contributed by atoms with Crippen molar-refractivity contribution in [3.8, 4) is 5.75 Å². The van der Waals surface area contributed by atoms with Crippen LogP contribution in [0.25, 0.3) is 0 Å². The van der Waals surface area contributed by atoms with E-state index in [0.29, 0.717) is 29.2 Å². The molecule has 0 heterocycles. The fourth-order valence-corrected chi connectivity index (χ4v) is 3.25. The van der Waals surface area contributed by atoms with Crippen LogP contribution in [0.5, 0.6) is 5.75 Å². The zero-order valence-electron chi connectivity index (χ0n) is 10.6. The first-order chi connectivity index (χ1) is 8.53. The minimum absolute atomic E-state index is 0.488. The summed E-state index contributed by atoms with van der Waals surface area (Å²) in [7, 11) is 1.56. The highest BCUT2D eigenvalue weighted by atomic mass is 35.5. The number of hydrogen-bond donors (Lipinski definition) is 1. The Morgan fingerprint density at radius 1 is 1.39 bits per heavy atom. The first-order valence-electron chi connectivity index (χ1n) is 6.10. The maximum Gasteiger partial charge on any atom is 0.314 e. The molecule has 0 radical (unpaired) electrons. The van der Waals surface area contributed by atoms with Gasteiger partial charge in [-0.05, 0) is 31.4 Å². The van der Waals surface area contributed by atoms with E-state index < -0.39 is 11.4 Å². The second-order valence-electron chi connectivity index (χ2n) is 4.87. The molecule has 0 spiro atoms. The van der Waals surface area contributed by atoms with Gasteiger partial charge in [-0.15, -0.1) is 0 Å². The van der Waals surface area contributed by atoms with Crippen molar-refractivity contribution in [3.05, 3.63) is 28.3 Å². The second-order valence-corrected chi connectivity index (χ2v) is 5.27. The summed E-state index contributed by atoms with van der Waals surface area (Å²) >= 11 is 6.25. The molecular weight excluding hydrogens is 252 g/mol. The van der Waals surface area contributed by atoms with E-state index in [0.717, 1.165) is 18.4 Å². The van der Waals surface area contributed by atoms with Crippen molar-refractivity contribution in [2.24, 2.45) is 0 Å². The molecule has 3 nitrogen and oxygen atoms in total. The molecule has 4 heteroatoms. The van der Waals surface area contributed by atoms with Crippen LogP contribution in [-0.4, -0.2) is 18.2 Å². The van der Waals surface area contributed by atoms with Gasteiger partial charge in [-0.25, -0.2) is 0 Å². The number of methoxy groups -OCH3 is 1. The van der Waals surface area contributed by atoms with Gasteiger partial charge in [0.2, 0.25) is 0 Å². The van der Waals surface area contributed by atoms with Gasteiger partial charge in [0.05, 0.1) is 12.5 Å². The van der Waals surface area contributed by atoms with Gasteiger partial charge < -0.3 is 9.84 Å². The molecular formula is C14H17ClO3. The van der Waals surface area contributed by atoms with Crippen molar-refractivity contribution in [2.75, 3.05) is 7.11 Å². The number of aliphatic carboxylic acids is 1. The number of hydrogen-bond acceptors (Lipinski definition) is 2. The molecule has 0 atom stereocenters. The van der Waals surface area contributed by atoms with Crippen LogP contribution in [0.2, 0.25) is 5.02 Å². The first-order valence-corrected chi connectivity index (χ1v) is 6.47. The molecule has 0 aliphatic heterocycles. The zero-order chi connectivity index (χ0) is 13.3. The van der Waals surface area contributed by atoms with Crippen molar-refractivity contribution in [1.82, 2.24) is 0 Å². The lowest BCUT2D eigenvalue weighted by atomic mass is 9.77. The lowest BCUT2D eigenvalue weighted by Gasteiger charge is -2.28. The third-order valence-electron chi connectivity index (χ3n) is 3.85. The smallest absolute Gasteiger partial charge is 0.314 e. The normalized spacial score (nSPS) is 17.7. The Kier molecular flexibility index (Phi) is 3.53. The predicted octanol–water partition coefficient (Wildman–Crippen LogP) is 3.55. The predicted molar refractivity (Wildman–Crippen MR) is 70.5 cm³/mol. The summed E-state index contributed by atoms with van der Waals surface area (Å²) in [5, 5.41) is 10.1. The van der Waals surface area contributed by atoms with Crippen LogP contribution in [-0.2, 0) is 10.2 Å². The molecule has 18 heavy (non-hydrogen) atoms. The molecule has 1 aliphatic carbocycles. The Hall–Kier alpha value is -1.22. The van der Waals surface area contributed by atoms with Gasteiger partial charge in [0.15, 0.2) is 0 Å². The summed E-state index contributed by atoms with van der Waals surface area (Å²) in [6.45, 7) is 1.91. The topological polar surface area (TPSA) is 46.5 Å². The average molecular weight is 269 g/mol. The monoisotopic (exact) mass is 268 g/mol. The maximum absolute atomic E-state index is 11.7. The average Bonchev–Trinajstić information content (AvgIpc) is 2.82. The van der Waals surface area contributed by atoms with Crippen molar-refractivity contribution in [3.63, 3.8) is 0 Å². The zero-order valence-corrected chi connectivity index (χ0v) is 11.4. The van der Waals surface area contributed by atoms with Crippen molar-refractivity contribution < 1.29 is 14.6 Å². The number of carboxylic acid groups (broad SMARTS) is 1. The molecule has 1 aromatic rings. The molecule has 0 unspecified atom stereocenters. The van der Waals surface area contributed by atoms with Crippen LogP contribution in [0.15, 0.2) is 12.1 Å². The largest absolute Gasteiger partial charge is 0.496 e. The van der Waals surface area contributed by atoms with Crippen LogP contribution in [0.1, 0.15) is 36.8 Å². The van der Waals surface area contributed by atoms with Gasteiger partial charge in [-0.1, -0.05) is 30.5 Å². The lowest BCUT2D eigenvalue weighted by Crippen LogP contribution is -2.33. The van der Waals surface area contributed by atoms with Crippen LogP contribution < -0.4 is 4.74 Å². The fourth-order valence-electron chi connectivity index (χ4n) is 2.92. The Morgan fingerprint density at radius 3 is 2.50 bits per heavy atom. The highest BCUT2D eigenvalue weighted by Crippen LogP contribution is 2.48. The molecule has 1 fully saturated rings. The molecule has 0 bridgehead atoms. The summed E-state index contributed by atoms with van der Waals surface area (Å²) in [4.78, 5) is 11.7. The summed E-state index contributed by atoms with van der Waals surface area (Å²) in [5.74, 6) is -0.183. The molecule has 2 rings (SSSR count). The van der Waals surface area contributed by atoms with Gasteiger partial charge in [0.25, 0.3) is 0 Å². The van der Waals surface area contributed by atoms with E-state index in [9.17, 15) is 9.90 Å². The number of carbonyl (C=O) groups is 1. The quantitative estimate of drug-likeness (QED) is 0.912. The van der Waals surface area contributed by atoms with Crippen LogP contribution >= 0.6 is 11.6 Å². The SMILES string of the molecule is COc1c(C)ccc(Cl)c1C1(C(=O)O)CCCC1. The first kappa shape index (κ1) is 13.2. The third kappa shape index (κ3) is 1.87.